The summed E-state index contributed by atoms with van der Waals surface area (Å²) in [6.07, 6.45) is 1.44. The Morgan fingerprint density at radius 2 is 1.95 bits per heavy atom. The van der Waals surface area contributed by atoms with Crippen molar-refractivity contribution in [3.8, 4) is 0 Å². The molecule has 0 radical (unpaired) electrons. The molecule has 7 heteroatoms. The van der Waals surface area contributed by atoms with Gasteiger partial charge in [0.05, 0.1) is 32.0 Å². The number of nitrogens with zero attached hydrogens (tertiary/aromatic N) is 1. The Kier molecular flexibility index (Phi) is 7.48. The summed E-state index contributed by atoms with van der Waals surface area (Å²) in [6.45, 7) is 2.89. The second-order valence-electron chi connectivity index (χ2n) is 3.74. The van der Waals surface area contributed by atoms with E-state index < -0.39 is 0 Å². The maximum atomic E-state index is 11.6. The van der Waals surface area contributed by atoms with E-state index in [-0.39, 0.29) is 5.91 Å². The second-order valence-corrected chi connectivity index (χ2v) is 3.74. The number of ether oxygens (including phenoxy) is 2. The van der Waals surface area contributed by atoms with Gasteiger partial charge >= 0.3 is 0 Å². The van der Waals surface area contributed by atoms with Crippen molar-refractivity contribution < 1.29 is 14.3 Å². The Morgan fingerprint density at radius 1 is 1.21 bits per heavy atom. The monoisotopic (exact) mass is 268 g/mol. The van der Waals surface area contributed by atoms with Gasteiger partial charge in [-0.2, -0.15) is 0 Å². The number of rotatable bonds is 9. The third-order valence-electron chi connectivity index (χ3n) is 2.21. The zero-order chi connectivity index (χ0) is 13.9. The minimum atomic E-state index is -0.199. The van der Waals surface area contributed by atoms with Crippen LogP contribution < -0.4 is 16.8 Å². The molecule has 0 saturated carbocycles. The van der Waals surface area contributed by atoms with Gasteiger partial charge in [-0.05, 0) is 12.1 Å². The van der Waals surface area contributed by atoms with Crippen LogP contribution in [-0.2, 0) is 9.47 Å². The van der Waals surface area contributed by atoms with Crippen molar-refractivity contribution in [2.24, 2.45) is 5.73 Å². The molecule has 7 nitrogen and oxygen atoms in total. The molecule has 0 aliphatic heterocycles. The van der Waals surface area contributed by atoms with Crippen molar-refractivity contribution in [1.29, 1.82) is 0 Å². The van der Waals surface area contributed by atoms with Crippen molar-refractivity contribution in [2.75, 3.05) is 45.3 Å². The zero-order valence-electron chi connectivity index (χ0n) is 10.8. The van der Waals surface area contributed by atoms with Crippen LogP contribution in [0.15, 0.2) is 18.3 Å². The molecule has 0 aromatic carbocycles. The molecule has 1 aromatic heterocycles. The Bertz CT molecular complexity index is 370. The molecule has 1 heterocycles. The van der Waals surface area contributed by atoms with Crippen LogP contribution in [0.1, 0.15) is 10.4 Å². The number of nitrogen functional groups attached to an aromatic ring is 1. The largest absolute Gasteiger partial charge is 0.384 e. The van der Waals surface area contributed by atoms with Gasteiger partial charge in [-0.25, -0.2) is 4.98 Å². The molecule has 0 fully saturated rings. The summed E-state index contributed by atoms with van der Waals surface area (Å²) in [5, 5.41) is 2.71. The van der Waals surface area contributed by atoms with Gasteiger partial charge in [-0.1, -0.05) is 0 Å². The number of nitrogens with two attached hydrogens (primary N) is 2. The van der Waals surface area contributed by atoms with E-state index in [9.17, 15) is 4.79 Å². The standard InChI is InChI=1S/C12H20N4O3/c13-3-5-18-7-8-19-6-4-15-12(17)10-1-2-11(14)16-9-10/h1-2,9H,3-8,13H2,(H2,14,16)(H,15,17). The smallest absolute Gasteiger partial charge is 0.252 e. The first-order valence-corrected chi connectivity index (χ1v) is 6.09. The van der Waals surface area contributed by atoms with Crippen molar-refractivity contribution in [1.82, 2.24) is 10.3 Å². The molecule has 0 spiro atoms. The third kappa shape index (κ3) is 6.70. The van der Waals surface area contributed by atoms with E-state index in [2.05, 4.69) is 10.3 Å². The molecule has 106 valence electrons. The molecule has 0 aliphatic carbocycles. The number of aromatic nitrogens is 1. The van der Waals surface area contributed by atoms with Crippen LogP contribution in [0.4, 0.5) is 5.82 Å². The normalized spacial score (nSPS) is 10.4. The molecule has 1 aromatic rings. The van der Waals surface area contributed by atoms with Gasteiger partial charge in [-0.3, -0.25) is 4.79 Å². The Balaban J connectivity index is 2.06. The highest BCUT2D eigenvalue weighted by atomic mass is 16.5. The third-order valence-corrected chi connectivity index (χ3v) is 2.21. The summed E-state index contributed by atoms with van der Waals surface area (Å²) in [4.78, 5) is 15.5. The fraction of sp³-hybridized carbons (Fsp3) is 0.500. The predicted octanol–water partition coefficient (Wildman–Crippen LogP) is -0.614. The van der Waals surface area contributed by atoms with Gasteiger partial charge in [0.1, 0.15) is 5.82 Å². The predicted molar refractivity (Wildman–Crippen MR) is 71.7 cm³/mol. The molecule has 0 atom stereocenters. The number of carbonyl (C=O) groups excluding carboxylic acids is 1. The molecule has 1 amide bonds. The van der Waals surface area contributed by atoms with E-state index in [0.29, 0.717) is 50.9 Å². The summed E-state index contributed by atoms with van der Waals surface area (Å²) < 4.78 is 10.4. The van der Waals surface area contributed by atoms with Crippen molar-refractivity contribution in [3.05, 3.63) is 23.9 Å². The van der Waals surface area contributed by atoms with E-state index in [1.807, 2.05) is 0 Å². The number of hydrogen-bond donors (Lipinski definition) is 3. The van der Waals surface area contributed by atoms with Gasteiger partial charge in [0.25, 0.3) is 5.91 Å². The van der Waals surface area contributed by atoms with Crippen LogP contribution in [0.2, 0.25) is 0 Å². The number of nitrogens with one attached hydrogen (secondary N) is 1. The van der Waals surface area contributed by atoms with Gasteiger partial charge in [0, 0.05) is 19.3 Å². The van der Waals surface area contributed by atoms with Crippen LogP contribution in [0.3, 0.4) is 0 Å². The quantitative estimate of drug-likeness (QED) is 0.515. The molecule has 5 N–H and O–H groups in total. The Hall–Kier alpha value is -1.70. The molecule has 0 aliphatic rings. The Labute approximate surface area is 112 Å². The molecule has 1 rings (SSSR count). The molecular formula is C12H20N4O3. The molecule has 0 bridgehead atoms. The lowest BCUT2D eigenvalue weighted by Crippen LogP contribution is -2.27. The van der Waals surface area contributed by atoms with Crippen molar-refractivity contribution in [2.45, 2.75) is 0 Å². The van der Waals surface area contributed by atoms with Gasteiger partial charge < -0.3 is 26.3 Å². The van der Waals surface area contributed by atoms with Crippen LogP contribution in [0.25, 0.3) is 0 Å². The minimum absolute atomic E-state index is 0.199. The molecule has 19 heavy (non-hydrogen) atoms. The fourth-order valence-corrected chi connectivity index (χ4v) is 1.28. The van der Waals surface area contributed by atoms with Crippen molar-refractivity contribution >= 4 is 11.7 Å². The summed E-state index contributed by atoms with van der Waals surface area (Å²) in [7, 11) is 0. The lowest BCUT2D eigenvalue weighted by molar-refractivity contribution is 0.0511. The van der Waals surface area contributed by atoms with E-state index in [1.54, 1.807) is 12.1 Å². The fourth-order valence-electron chi connectivity index (χ4n) is 1.28. The average molecular weight is 268 g/mol. The summed E-state index contributed by atoms with van der Waals surface area (Å²) in [5.74, 6) is 0.188. The van der Waals surface area contributed by atoms with Gasteiger partial charge in [-0.15, -0.1) is 0 Å². The highest BCUT2D eigenvalue weighted by Crippen LogP contribution is 2.00. The van der Waals surface area contributed by atoms with Crippen molar-refractivity contribution in [3.63, 3.8) is 0 Å². The van der Waals surface area contributed by atoms with E-state index in [0.717, 1.165) is 0 Å². The van der Waals surface area contributed by atoms with Crippen LogP contribution in [-0.4, -0.2) is 50.4 Å². The van der Waals surface area contributed by atoms with E-state index in [1.165, 1.54) is 6.20 Å². The summed E-state index contributed by atoms with van der Waals surface area (Å²) in [6, 6.07) is 3.21. The van der Waals surface area contributed by atoms with Crippen LogP contribution in [0, 0.1) is 0 Å². The first kappa shape index (κ1) is 15.4. The first-order chi connectivity index (χ1) is 9.24. The topological polar surface area (TPSA) is 112 Å². The molecular weight excluding hydrogens is 248 g/mol. The molecule has 0 unspecified atom stereocenters. The van der Waals surface area contributed by atoms with E-state index in [4.69, 9.17) is 20.9 Å². The zero-order valence-corrected chi connectivity index (χ0v) is 10.8. The van der Waals surface area contributed by atoms with Crippen LogP contribution >= 0.6 is 0 Å². The lowest BCUT2D eigenvalue weighted by atomic mass is 10.2. The first-order valence-electron chi connectivity index (χ1n) is 6.09. The van der Waals surface area contributed by atoms with Gasteiger partial charge in [0.2, 0.25) is 0 Å². The number of pyridine rings is 1. The number of anilines is 1. The van der Waals surface area contributed by atoms with Crippen LogP contribution in [0.5, 0.6) is 0 Å². The highest BCUT2D eigenvalue weighted by Gasteiger charge is 2.04. The van der Waals surface area contributed by atoms with Gasteiger partial charge in [0.15, 0.2) is 0 Å². The number of carbonyl (C=O) groups is 1. The average Bonchev–Trinajstić information content (AvgIpc) is 2.42. The minimum Gasteiger partial charge on any atom is -0.384 e. The molecule has 0 saturated heterocycles. The summed E-state index contributed by atoms with van der Waals surface area (Å²) >= 11 is 0. The number of amides is 1. The second kappa shape index (κ2) is 9.26. The SMILES string of the molecule is NCCOCCOCCNC(=O)c1ccc(N)nc1. The maximum Gasteiger partial charge on any atom is 0.252 e. The Morgan fingerprint density at radius 3 is 2.58 bits per heavy atom. The maximum absolute atomic E-state index is 11.6. The highest BCUT2D eigenvalue weighted by molar-refractivity contribution is 5.93. The summed E-state index contributed by atoms with van der Waals surface area (Å²) in [5.41, 5.74) is 11.2. The number of hydrogen-bond acceptors (Lipinski definition) is 6. The van der Waals surface area contributed by atoms with E-state index >= 15 is 0 Å². The lowest BCUT2D eigenvalue weighted by Gasteiger charge is -2.07.